The van der Waals surface area contributed by atoms with Crippen LogP contribution < -0.4 is 10.5 Å². The van der Waals surface area contributed by atoms with E-state index in [1.54, 1.807) is 7.11 Å². The summed E-state index contributed by atoms with van der Waals surface area (Å²) < 4.78 is 5.18. The molecule has 0 saturated heterocycles. The van der Waals surface area contributed by atoms with Crippen LogP contribution in [-0.2, 0) is 6.42 Å². The quantitative estimate of drug-likeness (QED) is 0.832. The average molecular weight is 233 g/mol. The van der Waals surface area contributed by atoms with E-state index in [1.807, 2.05) is 18.2 Å². The molecule has 1 atom stereocenters. The molecule has 3 N–H and O–H groups in total. The third kappa shape index (κ3) is 2.77. The van der Waals surface area contributed by atoms with E-state index < -0.39 is 0 Å². The van der Waals surface area contributed by atoms with Gasteiger partial charge in [0.1, 0.15) is 11.6 Å². The highest BCUT2D eigenvalue weighted by atomic mass is 16.5. The van der Waals surface area contributed by atoms with Crippen LogP contribution in [0.15, 0.2) is 18.2 Å². The smallest absolute Gasteiger partial charge is 0.121 e. The fraction of sp³-hybridized carbons (Fsp3) is 0.462. The largest absolute Gasteiger partial charge is 0.497 e. The Hall–Kier alpha value is -1.55. The first-order valence-electron chi connectivity index (χ1n) is 6.01. The highest BCUT2D eigenvalue weighted by Gasteiger charge is 2.08. The molecule has 17 heavy (non-hydrogen) atoms. The van der Waals surface area contributed by atoms with E-state index in [1.165, 1.54) is 0 Å². The van der Waals surface area contributed by atoms with Crippen molar-refractivity contribution in [3.8, 4) is 5.75 Å². The zero-order valence-corrected chi connectivity index (χ0v) is 10.4. The zero-order valence-electron chi connectivity index (χ0n) is 10.4. The highest BCUT2D eigenvalue weighted by Crippen LogP contribution is 2.19. The van der Waals surface area contributed by atoms with Gasteiger partial charge in [-0.15, -0.1) is 0 Å². The van der Waals surface area contributed by atoms with Gasteiger partial charge in [0.05, 0.1) is 18.1 Å². The number of aromatic nitrogens is 2. The maximum atomic E-state index is 6.01. The lowest BCUT2D eigenvalue weighted by atomic mass is 10.1. The van der Waals surface area contributed by atoms with Crippen molar-refractivity contribution in [1.29, 1.82) is 0 Å². The molecular weight excluding hydrogens is 214 g/mol. The number of nitrogens with one attached hydrogen (secondary N) is 1. The van der Waals surface area contributed by atoms with Crippen molar-refractivity contribution in [2.24, 2.45) is 5.73 Å². The van der Waals surface area contributed by atoms with Gasteiger partial charge in [-0.2, -0.15) is 0 Å². The topological polar surface area (TPSA) is 63.9 Å². The maximum Gasteiger partial charge on any atom is 0.121 e. The fourth-order valence-electron chi connectivity index (χ4n) is 1.99. The van der Waals surface area contributed by atoms with E-state index in [4.69, 9.17) is 10.5 Å². The van der Waals surface area contributed by atoms with Gasteiger partial charge in [-0.3, -0.25) is 0 Å². The summed E-state index contributed by atoms with van der Waals surface area (Å²) in [5.41, 5.74) is 7.97. The van der Waals surface area contributed by atoms with Crippen LogP contribution in [0.2, 0.25) is 0 Å². The van der Waals surface area contributed by atoms with Gasteiger partial charge < -0.3 is 15.5 Å². The summed E-state index contributed by atoms with van der Waals surface area (Å²) >= 11 is 0. The number of hydrogen-bond acceptors (Lipinski definition) is 3. The summed E-state index contributed by atoms with van der Waals surface area (Å²) in [5, 5.41) is 0. The molecule has 0 aliphatic rings. The van der Waals surface area contributed by atoms with Gasteiger partial charge in [0, 0.05) is 18.5 Å². The molecule has 1 unspecified atom stereocenters. The van der Waals surface area contributed by atoms with Crippen molar-refractivity contribution in [2.45, 2.75) is 32.2 Å². The van der Waals surface area contributed by atoms with E-state index in [0.29, 0.717) is 0 Å². The second-order valence-electron chi connectivity index (χ2n) is 4.32. The summed E-state index contributed by atoms with van der Waals surface area (Å²) in [6.07, 6.45) is 2.93. The average Bonchev–Trinajstić information content (AvgIpc) is 2.69. The Morgan fingerprint density at radius 3 is 3.00 bits per heavy atom. The first-order chi connectivity index (χ1) is 8.22. The van der Waals surface area contributed by atoms with Gasteiger partial charge in [-0.25, -0.2) is 4.98 Å². The molecule has 4 nitrogen and oxygen atoms in total. The van der Waals surface area contributed by atoms with Crippen LogP contribution in [0.25, 0.3) is 11.0 Å². The highest BCUT2D eigenvalue weighted by molar-refractivity contribution is 5.76. The van der Waals surface area contributed by atoms with Crippen LogP contribution >= 0.6 is 0 Å². The molecule has 0 saturated carbocycles. The molecule has 0 bridgehead atoms. The molecular formula is C13H19N3O. The molecule has 0 spiro atoms. The molecule has 92 valence electrons. The predicted octanol–water partition coefficient (Wildman–Crippen LogP) is 2.24. The number of ether oxygens (including phenoxy) is 1. The van der Waals surface area contributed by atoms with Gasteiger partial charge in [0.25, 0.3) is 0 Å². The Morgan fingerprint density at radius 2 is 2.29 bits per heavy atom. The summed E-state index contributed by atoms with van der Waals surface area (Å²) in [6, 6.07) is 6.01. The summed E-state index contributed by atoms with van der Waals surface area (Å²) in [5.74, 6) is 1.79. The second-order valence-corrected chi connectivity index (χ2v) is 4.32. The van der Waals surface area contributed by atoms with Crippen molar-refractivity contribution in [2.75, 3.05) is 7.11 Å². The standard InChI is InChI=1S/C13H19N3O/c1-3-4-9(14)7-13-15-11-6-5-10(17-2)8-12(11)16-13/h5-6,8-9H,3-4,7,14H2,1-2H3,(H,15,16). The lowest BCUT2D eigenvalue weighted by molar-refractivity contribution is 0.415. The van der Waals surface area contributed by atoms with Crippen LogP contribution in [0.1, 0.15) is 25.6 Å². The van der Waals surface area contributed by atoms with Crippen molar-refractivity contribution in [1.82, 2.24) is 9.97 Å². The molecule has 1 heterocycles. The molecule has 1 aromatic heterocycles. The lowest BCUT2D eigenvalue weighted by Crippen LogP contribution is -2.22. The fourth-order valence-corrected chi connectivity index (χ4v) is 1.99. The minimum Gasteiger partial charge on any atom is -0.497 e. The van der Waals surface area contributed by atoms with E-state index >= 15 is 0 Å². The molecule has 0 aliphatic carbocycles. The van der Waals surface area contributed by atoms with Crippen LogP contribution in [0.3, 0.4) is 0 Å². The number of nitrogens with two attached hydrogens (primary N) is 1. The number of benzene rings is 1. The third-order valence-electron chi connectivity index (χ3n) is 2.85. The van der Waals surface area contributed by atoms with E-state index in [-0.39, 0.29) is 6.04 Å². The van der Waals surface area contributed by atoms with Gasteiger partial charge in [-0.1, -0.05) is 13.3 Å². The molecule has 2 aromatic rings. The third-order valence-corrected chi connectivity index (χ3v) is 2.85. The van der Waals surface area contributed by atoms with Crippen molar-refractivity contribution >= 4 is 11.0 Å². The van der Waals surface area contributed by atoms with Crippen LogP contribution in [-0.4, -0.2) is 23.1 Å². The first kappa shape index (κ1) is 11.9. The molecule has 0 radical (unpaired) electrons. The molecule has 4 heteroatoms. The monoisotopic (exact) mass is 233 g/mol. The lowest BCUT2D eigenvalue weighted by Gasteiger charge is -2.06. The zero-order chi connectivity index (χ0) is 12.3. The Labute approximate surface area is 101 Å². The second kappa shape index (κ2) is 5.19. The minimum atomic E-state index is 0.183. The van der Waals surface area contributed by atoms with Crippen LogP contribution in [0.4, 0.5) is 0 Å². The number of rotatable bonds is 5. The Kier molecular flexibility index (Phi) is 3.64. The normalized spacial score (nSPS) is 12.9. The molecule has 2 rings (SSSR count). The van der Waals surface area contributed by atoms with Gasteiger partial charge in [0.15, 0.2) is 0 Å². The van der Waals surface area contributed by atoms with Gasteiger partial charge >= 0.3 is 0 Å². The summed E-state index contributed by atoms with van der Waals surface area (Å²) in [4.78, 5) is 7.81. The number of methoxy groups -OCH3 is 1. The Bertz CT molecular complexity index is 492. The minimum absolute atomic E-state index is 0.183. The van der Waals surface area contributed by atoms with Gasteiger partial charge in [-0.05, 0) is 18.6 Å². The molecule has 0 amide bonds. The number of imidazole rings is 1. The van der Waals surface area contributed by atoms with Crippen LogP contribution in [0.5, 0.6) is 5.75 Å². The predicted molar refractivity (Wildman–Crippen MR) is 69.2 cm³/mol. The maximum absolute atomic E-state index is 6.01. The number of aromatic amines is 1. The number of hydrogen-bond donors (Lipinski definition) is 2. The Balaban J connectivity index is 2.19. The number of H-pyrrole nitrogens is 1. The molecule has 0 aliphatic heterocycles. The first-order valence-corrected chi connectivity index (χ1v) is 6.01. The van der Waals surface area contributed by atoms with Crippen molar-refractivity contribution < 1.29 is 4.74 Å². The van der Waals surface area contributed by atoms with Crippen LogP contribution in [0, 0.1) is 0 Å². The van der Waals surface area contributed by atoms with Crippen molar-refractivity contribution in [3.63, 3.8) is 0 Å². The van der Waals surface area contributed by atoms with Crippen molar-refractivity contribution in [3.05, 3.63) is 24.0 Å². The summed E-state index contributed by atoms with van der Waals surface area (Å²) in [6.45, 7) is 2.14. The van der Waals surface area contributed by atoms with E-state index in [0.717, 1.165) is 41.9 Å². The number of fused-ring (bicyclic) bond motifs is 1. The van der Waals surface area contributed by atoms with E-state index in [2.05, 4.69) is 16.9 Å². The molecule has 1 aromatic carbocycles. The molecule has 0 fully saturated rings. The van der Waals surface area contributed by atoms with Gasteiger partial charge in [0.2, 0.25) is 0 Å². The summed E-state index contributed by atoms with van der Waals surface area (Å²) in [7, 11) is 1.66. The van der Waals surface area contributed by atoms with E-state index in [9.17, 15) is 0 Å². The number of nitrogens with zero attached hydrogens (tertiary/aromatic N) is 1. The SMILES string of the molecule is CCCC(N)Cc1nc2ccc(OC)cc2[nH]1. The Morgan fingerprint density at radius 1 is 1.47 bits per heavy atom.